The van der Waals surface area contributed by atoms with E-state index in [9.17, 15) is 4.79 Å². The lowest BCUT2D eigenvalue weighted by atomic mass is 9.98. The normalized spacial score (nSPS) is 13.1. The van der Waals surface area contributed by atoms with Crippen LogP contribution in [0.5, 0.6) is 5.75 Å². The number of likely N-dealkylation sites (N-methyl/N-ethyl adjacent to an activating group) is 1. The van der Waals surface area contributed by atoms with Crippen molar-refractivity contribution >= 4 is 21.9 Å². The van der Waals surface area contributed by atoms with Crippen molar-refractivity contribution in [2.24, 2.45) is 0 Å². The fourth-order valence-electron chi connectivity index (χ4n) is 1.70. The quantitative estimate of drug-likeness (QED) is 0.847. The molecule has 100 valence electrons. The second kappa shape index (κ2) is 6.20. The van der Waals surface area contributed by atoms with Crippen molar-refractivity contribution in [3.63, 3.8) is 0 Å². The molecule has 4 nitrogen and oxygen atoms in total. The van der Waals surface area contributed by atoms with Gasteiger partial charge in [-0.2, -0.15) is 0 Å². The number of hydrogen-bond acceptors (Lipinski definition) is 3. The first-order valence-corrected chi connectivity index (χ1v) is 6.48. The van der Waals surface area contributed by atoms with Crippen molar-refractivity contribution in [1.29, 1.82) is 0 Å². The molecule has 0 saturated heterocycles. The van der Waals surface area contributed by atoms with Crippen LogP contribution >= 0.6 is 15.9 Å². The molecular weight excluding hydrogens is 298 g/mol. The van der Waals surface area contributed by atoms with Gasteiger partial charge in [0.2, 0.25) is 0 Å². The van der Waals surface area contributed by atoms with Crippen LogP contribution in [0.3, 0.4) is 0 Å². The average Bonchev–Trinajstić information content (AvgIpc) is 2.25. The monoisotopic (exact) mass is 315 g/mol. The number of aliphatic carboxylic acids is 1. The van der Waals surface area contributed by atoms with E-state index in [4.69, 9.17) is 9.84 Å². The van der Waals surface area contributed by atoms with Gasteiger partial charge in [0.25, 0.3) is 0 Å². The van der Waals surface area contributed by atoms with Crippen molar-refractivity contribution < 1.29 is 14.6 Å². The Balaban J connectivity index is 2.72. The number of carboxylic acid groups (broad SMARTS) is 1. The van der Waals surface area contributed by atoms with Crippen molar-refractivity contribution in [3.05, 3.63) is 28.7 Å². The summed E-state index contributed by atoms with van der Waals surface area (Å²) in [6.45, 7) is 3.75. The number of nitrogens with one attached hydrogen (secondary N) is 1. The fraction of sp³-hybridized carbons (Fsp3) is 0.462. The minimum absolute atomic E-state index is 0.380. The summed E-state index contributed by atoms with van der Waals surface area (Å²) >= 11 is 3.37. The number of hydrogen-bond donors (Lipinski definition) is 2. The zero-order valence-corrected chi connectivity index (χ0v) is 12.3. The van der Waals surface area contributed by atoms with Crippen LogP contribution in [0, 0.1) is 0 Å². The van der Waals surface area contributed by atoms with Gasteiger partial charge in [0.1, 0.15) is 17.4 Å². The number of carboxylic acids is 1. The minimum Gasteiger partial charge on any atom is -0.488 e. The molecule has 5 heteroatoms. The molecule has 2 N–H and O–H groups in total. The van der Waals surface area contributed by atoms with Crippen LogP contribution in [0.15, 0.2) is 28.7 Å². The van der Waals surface area contributed by atoms with Crippen molar-refractivity contribution in [2.45, 2.75) is 31.9 Å². The largest absolute Gasteiger partial charge is 0.488 e. The third-order valence-corrected chi connectivity index (χ3v) is 3.03. The maximum absolute atomic E-state index is 11.0. The molecule has 0 radical (unpaired) electrons. The van der Waals surface area contributed by atoms with Crippen LogP contribution < -0.4 is 10.1 Å². The van der Waals surface area contributed by atoms with Gasteiger partial charge in [-0.15, -0.1) is 0 Å². The first kappa shape index (κ1) is 15.0. The van der Waals surface area contributed by atoms with E-state index in [1.807, 2.05) is 38.1 Å². The number of ether oxygens (including phenoxy) is 1. The molecule has 0 bridgehead atoms. The Bertz CT molecular complexity index is 420. The minimum atomic E-state index is -0.872. The topological polar surface area (TPSA) is 58.6 Å². The van der Waals surface area contributed by atoms with Crippen LogP contribution in [0.1, 0.15) is 20.3 Å². The van der Waals surface area contributed by atoms with Gasteiger partial charge in [-0.25, -0.2) is 0 Å². The summed E-state index contributed by atoms with van der Waals surface area (Å²) in [5.41, 5.74) is -0.563. The molecular formula is C13H18BrNO3. The second-order valence-electron chi connectivity index (χ2n) is 4.70. The van der Waals surface area contributed by atoms with E-state index in [1.165, 1.54) is 0 Å². The predicted octanol–water partition coefficient (Wildman–Crippen LogP) is 2.67. The van der Waals surface area contributed by atoms with Gasteiger partial charge in [0, 0.05) is 10.9 Å². The van der Waals surface area contributed by atoms with Gasteiger partial charge in [-0.3, -0.25) is 4.79 Å². The molecule has 1 unspecified atom stereocenters. The Kier molecular flexibility index (Phi) is 5.16. The zero-order chi connectivity index (χ0) is 13.8. The molecule has 0 amide bonds. The van der Waals surface area contributed by atoms with E-state index >= 15 is 0 Å². The third-order valence-electron chi connectivity index (χ3n) is 2.53. The molecule has 0 aliphatic rings. The summed E-state index contributed by atoms with van der Waals surface area (Å²) in [7, 11) is 1.63. The van der Waals surface area contributed by atoms with E-state index in [0.717, 1.165) is 10.2 Å². The van der Waals surface area contributed by atoms with Gasteiger partial charge in [-0.05, 0) is 39.1 Å². The van der Waals surface area contributed by atoms with Crippen molar-refractivity contribution in [2.75, 3.05) is 7.05 Å². The molecule has 0 saturated carbocycles. The van der Waals surface area contributed by atoms with Gasteiger partial charge >= 0.3 is 5.97 Å². The van der Waals surface area contributed by atoms with Crippen molar-refractivity contribution in [1.82, 2.24) is 5.32 Å². The summed E-state index contributed by atoms with van der Waals surface area (Å²) < 4.78 is 6.76. The summed E-state index contributed by atoms with van der Waals surface area (Å²) in [6.07, 6.45) is 0.380. The first-order chi connectivity index (χ1) is 8.34. The molecule has 0 heterocycles. The standard InChI is InChI=1S/C13H18BrNO3/c1-13(2,8-11(15-3)12(16)17)18-10-6-4-5-9(14)7-10/h4-7,11,15H,8H2,1-3H3,(H,16,17). The third kappa shape index (κ3) is 4.66. The molecule has 0 fully saturated rings. The van der Waals surface area contributed by atoms with E-state index in [2.05, 4.69) is 21.2 Å². The summed E-state index contributed by atoms with van der Waals surface area (Å²) in [5.74, 6) is -0.155. The number of halogens is 1. The molecule has 1 atom stereocenters. The molecule has 0 spiro atoms. The lowest BCUT2D eigenvalue weighted by molar-refractivity contribution is -0.140. The van der Waals surface area contributed by atoms with Gasteiger partial charge < -0.3 is 15.2 Å². The Morgan fingerprint density at radius 1 is 1.56 bits per heavy atom. The van der Waals surface area contributed by atoms with Crippen LogP contribution in [0.25, 0.3) is 0 Å². The molecule has 1 rings (SSSR count). The maximum atomic E-state index is 11.0. The Morgan fingerprint density at radius 3 is 2.72 bits per heavy atom. The number of rotatable bonds is 6. The predicted molar refractivity (Wildman–Crippen MR) is 73.9 cm³/mol. The Morgan fingerprint density at radius 2 is 2.22 bits per heavy atom. The number of carbonyl (C=O) groups is 1. The van der Waals surface area contributed by atoms with Gasteiger partial charge in [-0.1, -0.05) is 22.0 Å². The van der Waals surface area contributed by atoms with Gasteiger partial charge in [0.05, 0.1) is 0 Å². The molecule has 0 aliphatic carbocycles. The Labute approximate surface area is 115 Å². The summed E-state index contributed by atoms with van der Waals surface area (Å²) in [4.78, 5) is 11.0. The molecule has 18 heavy (non-hydrogen) atoms. The highest BCUT2D eigenvalue weighted by Crippen LogP contribution is 2.25. The lowest BCUT2D eigenvalue weighted by Gasteiger charge is -2.29. The van der Waals surface area contributed by atoms with Crippen LogP contribution in [-0.4, -0.2) is 29.8 Å². The highest BCUT2D eigenvalue weighted by Gasteiger charge is 2.28. The highest BCUT2D eigenvalue weighted by atomic mass is 79.9. The smallest absolute Gasteiger partial charge is 0.320 e. The van der Waals surface area contributed by atoms with Gasteiger partial charge in [0.15, 0.2) is 0 Å². The van der Waals surface area contributed by atoms with E-state index < -0.39 is 17.6 Å². The molecule has 1 aromatic carbocycles. The van der Waals surface area contributed by atoms with E-state index in [1.54, 1.807) is 7.05 Å². The van der Waals surface area contributed by atoms with E-state index in [0.29, 0.717) is 6.42 Å². The molecule has 0 aromatic heterocycles. The first-order valence-electron chi connectivity index (χ1n) is 5.69. The summed E-state index contributed by atoms with van der Waals surface area (Å²) in [6, 6.07) is 6.88. The summed E-state index contributed by atoms with van der Waals surface area (Å²) in [5, 5.41) is 11.8. The lowest BCUT2D eigenvalue weighted by Crippen LogP contribution is -2.42. The molecule has 1 aromatic rings. The number of benzene rings is 1. The van der Waals surface area contributed by atoms with Crippen LogP contribution in [0.2, 0.25) is 0 Å². The van der Waals surface area contributed by atoms with E-state index in [-0.39, 0.29) is 0 Å². The zero-order valence-electron chi connectivity index (χ0n) is 10.7. The van der Waals surface area contributed by atoms with Crippen LogP contribution in [-0.2, 0) is 4.79 Å². The molecule has 0 aliphatic heterocycles. The highest BCUT2D eigenvalue weighted by molar-refractivity contribution is 9.10. The SMILES string of the molecule is CNC(CC(C)(C)Oc1cccc(Br)c1)C(=O)O. The second-order valence-corrected chi connectivity index (χ2v) is 5.62. The van der Waals surface area contributed by atoms with Crippen molar-refractivity contribution in [3.8, 4) is 5.75 Å². The van der Waals surface area contributed by atoms with Crippen LogP contribution in [0.4, 0.5) is 0 Å². The average molecular weight is 316 g/mol. The fourth-order valence-corrected chi connectivity index (χ4v) is 2.07. The maximum Gasteiger partial charge on any atom is 0.320 e. The Hall–Kier alpha value is -1.07.